The van der Waals surface area contributed by atoms with Gasteiger partial charge < -0.3 is 0 Å². The summed E-state index contributed by atoms with van der Waals surface area (Å²) in [6, 6.07) is 7.71. The Morgan fingerprint density at radius 2 is 1.93 bits per heavy atom. The van der Waals surface area contributed by atoms with E-state index in [0.29, 0.717) is 11.6 Å². The van der Waals surface area contributed by atoms with Crippen molar-refractivity contribution in [2.45, 2.75) is 6.54 Å². The highest BCUT2D eigenvalue weighted by Crippen LogP contribution is 2.19. The van der Waals surface area contributed by atoms with Crippen LogP contribution in [0, 0.1) is 3.70 Å². The van der Waals surface area contributed by atoms with Crippen LogP contribution in [0.15, 0.2) is 30.5 Å². The van der Waals surface area contributed by atoms with Gasteiger partial charge in [0.2, 0.25) is 0 Å². The Morgan fingerprint density at radius 3 is 2.53 bits per heavy atom. The van der Waals surface area contributed by atoms with Crippen LogP contribution in [0.25, 0.3) is 0 Å². The maximum absolute atomic E-state index is 6.04. The molecule has 0 aliphatic rings. The first-order chi connectivity index (χ1) is 7.16. The summed E-state index contributed by atoms with van der Waals surface area (Å²) in [5.74, 6) is 0. The molecular weight excluding hydrogens is 346 g/mol. The molecule has 0 radical (unpaired) electrons. The minimum absolute atomic E-state index is 0.641. The number of benzene rings is 1. The maximum atomic E-state index is 6.04. The first-order valence-corrected chi connectivity index (χ1v) is 6.12. The molecule has 1 aromatic heterocycles. The SMILES string of the molecule is Clc1ccccc1Cn1cc(Cl)c(I)n1. The van der Waals surface area contributed by atoms with E-state index in [1.165, 1.54) is 0 Å². The third-order valence-corrected chi connectivity index (χ3v) is 3.73. The van der Waals surface area contributed by atoms with E-state index < -0.39 is 0 Å². The molecule has 1 aromatic carbocycles. The smallest absolute Gasteiger partial charge is 0.141 e. The Bertz CT molecular complexity index is 463. The van der Waals surface area contributed by atoms with Crippen molar-refractivity contribution in [2.24, 2.45) is 0 Å². The molecule has 0 fully saturated rings. The summed E-state index contributed by atoms with van der Waals surface area (Å²) in [5, 5.41) is 5.68. The molecule has 0 unspecified atom stereocenters. The highest BCUT2D eigenvalue weighted by molar-refractivity contribution is 14.1. The molecule has 2 rings (SSSR count). The van der Waals surface area contributed by atoms with Crippen LogP contribution in [0.2, 0.25) is 10.0 Å². The van der Waals surface area contributed by atoms with Gasteiger partial charge in [-0.05, 0) is 34.2 Å². The molecule has 0 atom stereocenters. The van der Waals surface area contributed by atoms with E-state index >= 15 is 0 Å². The van der Waals surface area contributed by atoms with Gasteiger partial charge >= 0.3 is 0 Å². The Kier molecular flexibility index (Phi) is 3.53. The topological polar surface area (TPSA) is 17.8 Å². The number of nitrogens with zero attached hydrogens (tertiary/aromatic N) is 2. The Hall–Kier alpha value is -0.260. The quantitative estimate of drug-likeness (QED) is 0.751. The molecule has 0 amide bonds. The number of halogens is 3. The lowest BCUT2D eigenvalue weighted by Crippen LogP contribution is -2.00. The first kappa shape index (κ1) is 11.2. The zero-order valence-electron chi connectivity index (χ0n) is 7.62. The molecule has 5 heteroatoms. The summed E-state index contributed by atoms with van der Waals surface area (Å²) in [6.07, 6.45) is 1.80. The standard InChI is InChI=1S/C10H7Cl2IN2/c11-8-4-2-1-3-7(8)5-15-6-9(12)10(13)14-15/h1-4,6H,5H2. The lowest BCUT2D eigenvalue weighted by Gasteiger charge is -2.03. The van der Waals surface area contributed by atoms with E-state index in [9.17, 15) is 0 Å². The second-order valence-electron chi connectivity index (χ2n) is 3.06. The summed E-state index contributed by atoms with van der Waals surface area (Å²) in [4.78, 5) is 0. The van der Waals surface area contributed by atoms with Gasteiger partial charge in [0, 0.05) is 11.2 Å². The van der Waals surface area contributed by atoms with Gasteiger partial charge in [0.05, 0.1) is 11.6 Å². The molecule has 1 heterocycles. The molecule has 2 aromatic rings. The minimum Gasteiger partial charge on any atom is -0.266 e. The molecule has 0 bridgehead atoms. The van der Waals surface area contributed by atoms with E-state index in [4.69, 9.17) is 23.2 Å². The number of hydrogen-bond acceptors (Lipinski definition) is 1. The van der Waals surface area contributed by atoms with Gasteiger partial charge in [0.1, 0.15) is 3.70 Å². The van der Waals surface area contributed by atoms with Crippen LogP contribution in [0.5, 0.6) is 0 Å². The molecule has 0 aliphatic carbocycles. The van der Waals surface area contributed by atoms with Crippen LogP contribution < -0.4 is 0 Å². The van der Waals surface area contributed by atoms with Gasteiger partial charge in [-0.3, -0.25) is 4.68 Å². The van der Waals surface area contributed by atoms with Crippen molar-refractivity contribution >= 4 is 45.8 Å². The number of hydrogen-bond donors (Lipinski definition) is 0. The van der Waals surface area contributed by atoms with Crippen LogP contribution in [0.4, 0.5) is 0 Å². The maximum Gasteiger partial charge on any atom is 0.141 e. The largest absolute Gasteiger partial charge is 0.266 e. The zero-order chi connectivity index (χ0) is 10.8. The lowest BCUT2D eigenvalue weighted by atomic mass is 10.2. The van der Waals surface area contributed by atoms with Crippen LogP contribution in [-0.2, 0) is 6.54 Å². The predicted octanol–water partition coefficient (Wildman–Crippen LogP) is 3.84. The third-order valence-electron chi connectivity index (χ3n) is 1.97. The van der Waals surface area contributed by atoms with Crippen LogP contribution in [-0.4, -0.2) is 9.78 Å². The molecule has 0 saturated carbocycles. The molecule has 0 aliphatic heterocycles. The van der Waals surface area contributed by atoms with Gasteiger partial charge in [0.15, 0.2) is 0 Å². The number of rotatable bonds is 2. The van der Waals surface area contributed by atoms with Crippen molar-refractivity contribution in [3.63, 3.8) is 0 Å². The van der Waals surface area contributed by atoms with E-state index in [-0.39, 0.29) is 0 Å². The van der Waals surface area contributed by atoms with E-state index in [1.54, 1.807) is 10.9 Å². The predicted molar refractivity (Wildman–Crippen MR) is 70.5 cm³/mol. The van der Waals surface area contributed by atoms with Crippen molar-refractivity contribution < 1.29 is 0 Å². The van der Waals surface area contributed by atoms with Gasteiger partial charge in [-0.1, -0.05) is 41.4 Å². The third kappa shape index (κ3) is 2.65. The van der Waals surface area contributed by atoms with E-state index in [1.807, 2.05) is 24.3 Å². The Labute approximate surface area is 111 Å². The van der Waals surface area contributed by atoms with Gasteiger partial charge in [-0.15, -0.1) is 0 Å². The first-order valence-electron chi connectivity index (χ1n) is 4.28. The van der Waals surface area contributed by atoms with Gasteiger partial charge in [-0.2, -0.15) is 5.10 Å². The van der Waals surface area contributed by atoms with Crippen molar-refractivity contribution in [2.75, 3.05) is 0 Å². The van der Waals surface area contributed by atoms with Crippen LogP contribution in [0.1, 0.15) is 5.56 Å². The van der Waals surface area contributed by atoms with Crippen LogP contribution in [0.3, 0.4) is 0 Å². The fourth-order valence-electron chi connectivity index (χ4n) is 1.26. The van der Waals surface area contributed by atoms with Crippen LogP contribution >= 0.6 is 45.8 Å². The van der Waals surface area contributed by atoms with Gasteiger partial charge in [0.25, 0.3) is 0 Å². The summed E-state index contributed by atoms with van der Waals surface area (Å²) in [5.41, 5.74) is 1.04. The highest BCUT2D eigenvalue weighted by Gasteiger charge is 2.05. The Morgan fingerprint density at radius 1 is 1.20 bits per heavy atom. The zero-order valence-corrected chi connectivity index (χ0v) is 11.3. The minimum atomic E-state index is 0.641. The molecular formula is C10H7Cl2IN2. The molecule has 2 nitrogen and oxygen atoms in total. The fourth-order valence-corrected chi connectivity index (χ4v) is 2.02. The average Bonchev–Trinajstić information content (AvgIpc) is 2.50. The van der Waals surface area contributed by atoms with Crippen molar-refractivity contribution in [3.05, 3.63) is 49.8 Å². The molecule has 0 N–H and O–H groups in total. The second kappa shape index (κ2) is 4.72. The van der Waals surface area contributed by atoms with Crippen molar-refractivity contribution in [1.82, 2.24) is 9.78 Å². The van der Waals surface area contributed by atoms with E-state index in [0.717, 1.165) is 14.3 Å². The number of aromatic nitrogens is 2. The summed E-state index contributed by atoms with van der Waals surface area (Å²) >= 11 is 14.1. The van der Waals surface area contributed by atoms with Gasteiger partial charge in [-0.25, -0.2) is 0 Å². The summed E-state index contributed by atoms with van der Waals surface area (Å²) in [6.45, 7) is 0.641. The summed E-state index contributed by atoms with van der Waals surface area (Å²) in [7, 11) is 0. The lowest BCUT2D eigenvalue weighted by molar-refractivity contribution is 0.681. The fraction of sp³-hybridized carbons (Fsp3) is 0.100. The monoisotopic (exact) mass is 352 g/mol. The molecule has 0 spiro atoms. The average molecular weight is 353 g/mol. The highest BCUT2D eigenvalue weighted by atomic mass is 127. The second-order valence-corrected chi connectivity index (χ2v) is 4.89. The van der Waals surface area contributed by atoms with Crippen molar-refractivity contribution in [3.8, 4) is 0 Å². The summed E-state index contributed by atoms with van der Waals surface area (Å²) < 4.78 is 2.59. The molecule has 0 saturated heterocycles. The molecule has 78 valence electrons. The van der Waals surface area contributed by atoms with E-state index in [2.05, 4.69) is 27.7 Å². The Balaban J connectivity index is 2.26. The molecule has 15 heavy (non-hydrogen) atoms. The normalized spacial score (nSPS) is 10.6. The van der Waals surface area contributed by atoms with Crippen molar-refractivity contribution in [1.29, 1.82) is 0 Å².